The van der Waals surface area contributed by atoms with Gasteiger partial charge in [-0.05, 0) is 31.9 Å². The number of ether oxygens (including phenoxy) is 1. The SMILES string of the molecule is CCOc1ccccc1N1CCC(ON)CC1. The predicted octanol–water partition coefficient (Wildman–Crippen LogP) is 1.94. The van der Waals surface area contributed by atoms with Crippen LogP contribution in [0, 0.1) is 0 Å². The van der Waals surface area contributed by atoms with Crippen molar-refractivity contribution in [3.63, 3.8) is 0 Å². The molecular formula is C13H20N2O2. The van der Waals surface area contributed by atoms with Gasteiger partial charge < -0.3 is 14.5 Å². The van der Waals surface area contributed by atoms with Gasteiger partial charge in [-0.3, -0.25) is 0 Å². The van der Waals surface area contributed by atoms with Crippen LogP contribution < -0.4 is 15.5 Å². The van der Waals surface area contributed by atoms with Gasteiger partial charge in [0.1, 0.15) is 5.75 Å². The normalized spacial score (nSPS) is 17.2. The Bertz CT molecular complexity index is 349. The third-order valence-electron chi connectivity index (χ3n) is 3.14. The average Bonchev–Trinajstić information content (AvgIpc) is 2.40. The van der Waals surface area contributed by atoms with Crippen molar-refractivity contribution < 1.29 is 9.57 Å². The Labute approximate surface area is 102 Å². The Balaban J connectivity index is 2.07. The Morgan fingerprint density at radius 2 is 2.00 bits per heavy atom. The molecule has 0 amide bonds. The number of para-hydroxylation sites is 2. The Kier molecular flexibility index (Phi) is 4.23. The molecule has 2 rings (SSSR count). The van der Waals surface area contributed by atoms with Gasteiger partial charge in [-0.1, -0.05) is 12.1 Å². The van der Waals surface area contributed by atoms with Crippen LogP contribution in [-0.4, -0.2) is 25.8 Å². The maximum absolute atomic E-state index is 5.65. The Morgan fingerprint density at radius 1 is 1.29 bits per heavy atom. The Morgan fingerprint density at radius 3 is 2.65 bits per heavy atom. The van der Waals surface area contributed by atoms with E-state index in [0.717, 1.165) is 31.7 Å². The zero-order chi connectivity index (χ0) is 12.1. The van der Waals surface area contributed by atoms with Crippen LogP contribution in [0.15, 0.2) is 24.3 Å². The second kappa shape index (κ2) is 5.89. The number of nitrogens with two attached hydrogens (primary N) is 1. The fourth-order valence-electron chi connectivity index (χ4n) is 2.23. The van der Waals surface area contributed by atoms with E-state index in [1.165, 1.54) is 5.69 Å². The van der Waals surface area contributed by atoms with Crippen LogP contribution >= 0.6 is 0 Å². The molecule has 1 heterocycles. The van der Waals surface area contributed by atoms with E-state index < -0.39 is 0 Å². The summed E-state index contributed by atoms with van der Waals surface area (Å²) in [7, 11) is 0. The minimum Gasteiger partial charge on any atom is -0.492 e. The van der Waals surface area contributed by atoms with Crippen molar-refractivity contribution in [2.45, 2.75) is 25.9 Å². The highest BCUT2D eigenvalue weighted by molar-refractivity contribution is 5.58. The lowest BCUT2D eigenvalue weighted by Crippen LogP contribution is -2.38. The van der Waals surface area contributed by atoms with E-state index in [-0.39, 0.29) is 6.10 Å². The van der Waals surface area contributed by atoms with Gasteiger partial charge in [0.2, 0.25) is 0 Å². The lowest BCUT2D eigenvalue weighted by Gasteiger charge is -2.33. The van der Waals surface area contributed by atoms with E-state index in [4.69, 9.17) is 15.5 Å². The van der Waals surface area contributed by atoms with Crippen molar-refractivity contribution in [2.75, 3.05) is 24.6 Å². The van der Waals surface area contributed by atoms with Crippen LogP contribution in [0.5, 0.6) is 5.75 Å². The van der Waals surface area contributed by atoms with Crippen molar-refractivity contribution in [3.05, 3.63) is 24.3 Å². The highest BCUT2D eigenvalue weighted by Crippen LogP contribution is 2.30. The van der Waals surface area contributed by atoms with Crippen molar-refractivity contribution >= 4 is 5.69 Å². The van der Waals surface area contributed by atoms with E-state index >= 15 is 0 Å². The molecule has 17 heavy (non-hydrogen) atoms. The summed E-state index contributed by atoms with van der Waals surface area (Å²) in [6.45, 7) is 4.63. The first kappa shape index (κ1) is 12.2. The van der Waals surface area contributed by atoms with Crippen molar-refractivity contribution in [3.8, 4) is 5.75 Å². The lowest BCUT2D eigenvalue weighted by molar-refractivity contribution is 0.0367. The number of benzene rings is 1. The summed E-state index contributed by atoms with van der Waals surface area (Å²) in [4.78, 5) is 7.23. The molecule has 1 aliphatic rings. The molecule has 0 aromatic heterocycles. The molecule has 1 aliphatic heterocycles. The third-order valence-corrected chi connectivity index (χ3v) is 3.14. The molecule has 0 bridgehead atoms. The van der Waals surface area contributed by atoms with Crippen molar-refractivity contribution in [1.29, 1.82) is 0 Å². The Hall–Kier alpha value is -1.26. The van der Waals surface area contributed by atoms with Crippen LogP contribution in [0.4, 0.5) is 5.69 Å². The number of hydrogen-bond acceptors (Lipinski definition) is 4. The number of rotatable bonds is 4. The topological polar surface area (TPSA) is 47.7 Å². The molecule has 0 saturated carbocycles. The summed E-state index contributed by atoms with van der Waals surface area (Å²) in [5.74, 6) is 6.18. The van der Waals surface area contributed by atoms with E-state index in [9.17, 15) is 0 Å². The van der Waals surface area contributed by atoms with Gasteiger partial charge in [-0.15, -0.1) is 0 Å². The van der Waals surface area contributed by atoms with Gasteiger partial charge in [0.05, 0.1) is 18.4 Å². The van der Waals surface area contributed by atoms with Gasteiger partial charge in [-0.25, -0.2) is 5.90 Å². The molecule has 4 heteroatoms. The fraction of sp³-hybridized carbons (Fsp3) is 0.538. The second-order valence-corrected chi connectivity index (χ2v) is 4.22. The van der Waals surface area contributed by atoms with E-state index in [1.54, 1.807) is 0 Å². The fourth-order valence-corrected chi connectivity index (χ4v) is 2.23. The van der Waals surface area contributed by atoms with Gasteiger partial charge >= 0.3 is 0 Å². The average molecular weight is 236 g/mol. The van der Waals surface area contributed by atoms with Crippen LogP contribution in [0.1, 0.15) is 19.8 Å². The number of anilines is 1. The van der Waals surface area contributed by atoms with Crippen molar-refractivity contribution in [1.82, 2.24) is 0 Å². The zero-order valence-electron chi connectivity index (χ0n) is 10.3. The molecule has 1 aromatic carbocycles. The molecule has 94 valence electrons. The van der Waals surface area contributed by atoms with Crippen molar-refractivity contribution in [2.24, 2.45) is 5.90 Å². The monoisotopic (exact) mass is 236 g/mol. The maximum Gasteiger partial charge on any atom is 0.142 e. The molecular weight excluding hydrogens is 216 g/mol. The summed E-state index contributed by atoms with van der Waals surface area (Å²) in [6, 6.07) is 8.17. The number of nitrogens with zero attached hydrogens (tertiary/aromatic N) is 1. The van der Waals surface area contributed by atoms with E-state index in [1.807, 2.05) is 25.1 Å². The largest absolute Gasteiger partial charge is 0.492 e. The molecule has 1 saturated heterocycles. The highest BCUT2D eigenvalue weighted by atomic mass is 16.6. The first-order chi connectivity index (χ1) is 8.35. The van der Waals surface area contributed by atoms with Gasteiger partial charge in [0.15, 0.2) is 0 Å². The van der Waals surface area contributed by atoms with Crippen LogP contribution in [-0.2, 0) is 4.84 Å². The predicted molar refractivity (Wildman–Crippen MR) is 68.1 cm³/mol. The lowest BCUT2D eigenvalue weighted by atomic mass is 10.1. The molecule has 0 radical (unpaired) electrons. The van der Waals surface area contributed by atoms with Gasteiger partial charge in [-0.2, -0.15) is 0 Å². The first-order valence-corrected chi connectivity index (χ1v) is 6.17. The second-order valence-electron chi connectivity index (χ2n) is 4.22. The molecule has 0 spiro atoms. The summed E-state index contributed by atoms with van der Waals surface area (Å²) in [5.41, 5.74) is 1.17. The first-order valence-electron chi connectivity index (χ1n) is 6.17. The smallest absolute Gasteiger partial charge is 0.142 e. The number of hydrogen-bond donors (Lipinski definition) is 1. The van der Waals surface area contributed by atoms with E-state index in [0.29, 0.717) is 6.61 Å². The summed E-state index contributed by atoms with van der Waals surface area (Å²) in [5, 5.41) is 0. The minimum absolute atomic E-state index is 0.200. The van der Waals surface area contributed by atoms with Crippen LogP contribution in [0.2, 0.25) is 0 Å². The molecule has 2 N–H and O–H groups in total. The summed E-state index contributed by atoms with van der Waals surface area (Å²) < 4.78 is 5.65. The van der Waals surface area contributed by atoms with Crippen LogP contribution in [0.3, 0.4) is 0 Å². The molecule has 0 unspecified atom stereocenters. The quantitative estimate of drug-likeness (QED) is 0.812. The maximum atomic E-state index is 5.65. The van der Waals surface area contributed by atoms with Crippen LogP contribution in [0.25, 0.3) is 0 Å². The molecule has 0 atom stereocenters. The molecule has 1 aromatic rings. The standard InChI is InChI=1S/C13H20N2O2/c1-2-16-13-6-4-3-5-12(13)15-9-7-11(17-14)8-10-15/h3-6,11H,2,7-10,14H2,1H3. The molecule has 1 fully saturated rings. The van der Waals surface area contributed by atoms with Gasteiger partial charge in [0.25, 0.3) is 0 Å². The molecule has 4 nitrogen and oxygen atoms in total. The summed E-state index contributed by atoms with van der Waals surface area (Å²) in [6.07, 6.45) is 2.14. The third kappa shape index (κ3) is 2.90. The molecule has 0 aliphatic carbocycles. The zero-order valence-corrected chi connectivity index (χ0v) is 10.3. The highest BCUT2D eigenvalue weighted by Gasteiger charge is 2.21. The van der Waals surface area contributed by atoms with Gasteiger partial charge in [0, 0.05) is 13.1 Å². The minimum atomic E-state index is 0.200. The summed E-state index contributed by atoms with van der Waals surface area (Å²) >= 11 is 0. The number of piperidine rings is 1. The van der Waals surface area contributed by atoms with E-state index in [2.05, 4.69) is 11.0 Å².